The minimum atomic E-state index is -0.694. The molecule has 39 heavy (non-hydrogen) atoms. The molecule has 0 bridgehead atoms. The number of fused-ring (bicyclic) bond motifs is 1. The molecule has 0 saturated heterocycles. The lowest BCUT2D eigenvalue weighted by Crippen LogP contribution is -2.32. The summed E-state index contributed by atoms with van der Waals surface area (Å²) in [6, 6.07) is 17.0. The molecule has 8 heteroatoms. The number of methoxy groups -OCH3 is 1. The molecule has 1 atom stereocenters. The Morgan fingerprint density at radius 1 is 1.05 bits per heavy atom. The zero-order valence-electron chi connectivity index (χ0n) is 21.5. The van der Waals surface area contributed by atoms with Gasteiger partial charge in [-0.2, -0.15) is 0 Å². The van der Waals surface area contributed by atoms with Gasteiger partial charge in [0.15, 0.2) is 0 Å². The molecule has 0 aliphatic heterocycles. The van der Waals surface area contributed by atoms with Crippen molar-refractivity contribution in [2.24, 2.45) is 0 Å². The van der Waals surface area contributed by atoms with E-state index < -0.39 is 17.7 Å². The first kappa shape index (κ1) is 25.9. The predicted molar refractivity (Wildman–Crippen MR) is 146 cm³/mol. The van der Waals surface area contributed by atoms with Crippen molar-refractivity contribution in [2.45, 2.75) is 25.8 Å². The first-order valence-electron chi connectivity index (χ1n) is 12.4. The number of carbonyl (C=O) groups excluding carboxylic acids is 1. The molecule has 0 fully saturated rings. The van der Waals surface area contributed by atoms with Crippen LogP contribution in [0.2, 0.25) is 0 Å². The third-order valence-electron chi connectivity index (χ3n) is 6.69. The van der Waals surface area contributed by atoms with E-state index in [-0.39, 0.29) is 24.5 Å². The fourth-order valence-electron chi connectivity index (χ4n) is 4.90. The average molecular weight is 528 g/mol. The van der Waals surface area contributed by atoms with Crippen molar-refractivity contribution in [1.82, 2.24) is 15.3 Å². The largest absolute Gasteiger partial charge is 0.508 e. The van der Waals surface area contributed by atoms with Crippen molar-refractivity contribution in [2.75, 3.05) is 7.11 Å². The molecule has 2 heterocycles. The molecule has 3 N–H and O–H groups in total. The third-order valence-corrected chi connectivity index (χ3v) is 6.69. The van der Waals surface area contributed by atoms with Crippen LogP contribution >= 0.6 is 0 Å². The molecule has 1 amide bonds. The molecule has 5 rings (SSSR count). The Morgan fingerprint density at radius 3 is 2.59 bits per heavy atom. The van der Waals surface area contributed by atoms with Gasteiger partial charge in [0, 0.05) is 34.9 Å². The minimum absolute atomic E-state index is 0.0290. The van der Waals surface area contributed by atoms with Gasteiger partial charge in [0.2, 0.25) is 5.91 Å². The maximum Gasteiger partial charge on any atom is 0.225 e. The topological polar surface area (TPSA) is 87.2 Å². The van der Waals surface area contributed by atoms with Crippen molar-refractivity contribution < 1.29 is 23.4 Å². The van der Waals surface area contributed by atoms with E-state index in [1.54, 1.807) is 37.7 Å². The number of aromatic nitrogens is 2. The summed E-state index contributed by atoms with van der Waals surface area (Å²) in [6.07, 6.45) is 3.51. The number of rotatable bonds is 8. The van der Waals surface area contributed by atoms with E-state index in [1.807, 2.05) is 37.3 Å². The van der Waals surface area contributed by atoms with Crippen molar-refractivity contribution in [3.05, 3.63) is 113 Å². The number of ether oxygens (including phenoxy) is 1. The van der Waals surface area contributed by atoms with E-state index in [4.69, 9.17) is 4.74 Å². The van der Waals surface area contributed by atoms with Crippen molar-refractivity contribution in [3.8, 4) is 22.6 Å². The highest BCUT2D eigenvalue weighted by molar-refractivity contribution is 5.90. The van der Waals surface area contributed by atoms with Gasteiger partial charge in [-0.25, -0.2) is 8.78 Å². The highest BCUT2D eigenvalue weighted by Gasteiger charge is 2.23. The number of phenols is 1. The van der Waals surface area contributed by atoms with Gasteiger partial charge >= 0.3 is 0 Å². The van der Waals surface area contributed by atoms with E-state index in [9.17, 15) is 18.7 Å². The number of halogens is 2. The molecule has 0 saturated carbocycles. The van der Waals surface area contributed by atoms with Crippen LogP contribution in [-0.4, -0.2) is 28.1 Å². The zero-order chi connectivity index (χ0) is 27.5. The smallest absolute Gasteiger partial charge is 0.225 e. The van der Waals surface area contributed by atoms with Gasteiger partial charge in [0.1, 0.15) is 23.1 Å². The van der Waals surface area contributed by atoms with Gasteiger partial charge in [-0.05, 0) is 84.1 Å². The van der Waals surface area contributed by atoms with Crippen LogP contribution in [0.15, 0.2) is 79.1 Å². The van der Waals surface area contributed by atoms with Crippen LogP contribution in [0.3, 0.4) is 0 Å². The fraction of sp³-hybridized carbons (Fsp3) is 0.161. The second-order valence-electron chi connectivity index (χ2n) is 9.44. The van der Waals surface area contributed by atoms with Gasteiger partial charge in [-0.15, -0.1) is 0 Å². The molecular weight excluding hydrogens is 500 g/mol. The normalized spacial score (nSPS) is 11.9. The Labute approximate surface area is 224 Å². The Bertz CT molecular complexity index is 1640. The number of pyridine rings is 1. The second-order valence-corrected chi connectivity index (χ2v) is 9.44. The minimum Gasteiger partial charge on any atom is -0.508 e. The number of H-pyrrole nitrogens is 1. The van der Waals surface area contributed by atoms with Gasteiger partial charge in [-0.3, -0.25) is 9.78 Å². The number of phenolic OH excluding ortho intramolecular Hbond substituents is 1. The van der Waals surface area contributed by atoms with Gasteiger partial charge in [0.05, 0.1) is 25.3 Å². The summed E-state index contributed by atoms with van der Waals surface area (Å²) in [5.41, 5.74) is 5.10. The van der Waals surface area contributed by atoms with Crippen molar-refractivity contribution in [1.29, 1.82) is 0 Å². The van der Waals surface area contributed by atoms with Gasteiger partial charge < -0.3 is 20.1 Å². The second kappa shape index (κ2) is 10.9. The molecular formula is C31H27F2N3O3. The van der Waals surface area contributed by atoms with Crippen LogP contribution in [0.25, 0.3) is 22.0 Å². The summed E-state index contributed by atoms with van der Waals surface area (Å²) in [7, 11) is 1.60. The van der Waals surface area contributed by atoms with Crippen LogP contribution in [0, 0.1) is 18.6 Å². The molecule has 0 radical (unpaired) electrons. The predicted octanol–water partition coefficient (Wildman–Crippen LogP) is 6.17. The number of aryl methyl sites for hydroxylation is 1. The number of aromatic amines is 1. The van der Waals surface area contributed by atoms with E-state index >= 15 is 0 Å². The molecule has 3 aromatic carbocycles. The Kier molecular flexibility index (Phi) is 7.27. The van der Waals surface area contributed by atoms with Crippen molar-refractivity contribution >= 4 is 16.8 Å². The lowest BCUT2D eigenvalue weighted by molar-refractivity contribution is -0.121. The number of hydrogen-bond acceptors (Lipinski definition) is 4. The van der Waals surface area contributed by atoms with E-state index in [0.29, 0.717) is 22.6 Å². The fourth-order valence-corrected chi connectivity index (χ4v) is 4.90. The molecule has 1 unspecified atom stereocenters. The molecule has 198 valence electrons. The Hall–Kier alpha value is -4.72. The first-order valence-corrected chi connectivity index (χ1v) is 12.4. The van der Waals surface area contributed by atoms with E-state index in [1.165, 1.54) is 12.1 Å². The first-order chi connectivity index (χ1) is 18.8. The van der Waals surface area contributed by atoms with Crippen molar-refractivity contribution in [3.63, 3.8) is 0 Å². The summed E-state index contributed by atoms with van der Waals surface area (Å²) in [5.74, 6) is -0.875. The summed E-state index contributed by atoms with van der Waals surface area (Å²) in [5, 5.41) is 13.7. The SMILES string of the molecule is COc1ccc(-c2cccnc2C(Cc2cc(F)cc(F)c2)NC(=O)Cc2c[nH]c3ccc(O)cc23)c(C)c1. The number of benzene rings is 3. The Morgan fingerprint density at radius 2 is 1.85 bits per heavy atom. The van der Waals surface area contributed by atoms with Crippen LogP contribution in [0.1, 0.15) is 28.4 Å². The Balaban J connectivity index is 1.52. The van der Waals surface area contributed by atoms with Gasteiger partial charge in [0.25, 0.3) is 0 Å². The van der Waals surface area contributed by atoms with Crippen LogP contribution < -0.4 is 10.1 Å². The molecule has 0 aliphatic rings. The number of hydrogen-bond donors (Lipinski definition) is 3. The number of aromatic hydroxyl groups is 1. The highest BCUT2D eigenvalue weighted by Crippen LogP contribution is 2.33. The maximum absolute atomic E-state index is 14.1. The number of amides is 1. The van der Waals surface area contributed by atoms with E-state index in [0.717, 1.165) is 33.7 Å². The summed E-state index contributed by atoms with van der Waals surface area (Å²) in [6.45, 7) is 1.95. The lowest BCUT2D eigenvalue weighted by atomic mass is 9.93. The molecule has 0 spiro atoms. The molecule has 5 aromatic rings. The average Bonchev–Trinajstić information content (AvgIpc) is 3.29. The monoisotopic (exact) mass is 527 g/mol. The van der Waals surface area contributed by atoms with E-state index in [2.05, 4.69) is 15.3 Å². The summed E-state index contributed by atoms with van der Waals surface area (Å²) in [4.78, 5) is 21.1. The summed E-state index contributed by atoms with van der Waals surface area (Å²) < 4.78 is 33.5. The third kappa shape index (κ3) is 5.75. The quantitative estimate of drug-likeness (QED) is 0.225. The van der Waals surface area contributed by atoms with Gasteiger partial charge in [-0.1, -0.05) is 12.1 Å². The number of carbonyl (C=O) groups is 1. The molecule has 0 aliphatic carbocycles. The number of nitrogens with one attached hydrogen (secondary N) is 2. The zero-order valence-corrected chi connectivity index (χ0v) is 21.5. The van der Waals surface area contributed by atoms with Crippen LogP contribution in [0.5, 0.6) is 11.5 Å². The standard InChI is InChI=1S/C31H27F2N3O3/c1-18-10-24(39-2)6-7-25(18)26-4-3-9-34-31(26)29(13-19-11-21(32)15-22(33)12-19)36-30(38)14-20-17-35-28-8-5-23(37)16-27(20)28/h3-12,15-17,29,35,37H,13-14H2,1-2H3,(H,36,38). The summed E-state index contributed by atoms with van der Waals surface area (Å²) >= 11 is 0. The van der Waals surface area contributed by atoms with Crippen LogP contribution in [0.4, 0.5) is 8.78 Å². The maximum atomic E-state index is 14.1. The molecule has 6 nitrogen and oxygen atoms in total. The highest BCUT2D eigenvalue weighted by atomic mass is 19.1. The number of nitrogens with zero attached hydrogens (tertiary/aromatic N) is 1. The lowest BCUT2D eigenvalue weighted by Gasteiger charge is -2.22. The molecule has 2 aromatic heterocycles. The van der Waals surface area contributed by atoms with Crippen LogP contribution in [-0.2, 0) is 17.6 Å².